The fraction of sp³-hybridized carbons (Fsp3) is 0.591. The van der Waals surface area contributed by atoms with E-state index < -0.39 is 30.4 Å². The van der Waals surface area contributed by atoms with E-state index in [0.717, 1.165) is 19.3 Å². The van der Waals surface area contributed by atoms with Crippen molar-refractivity contribution in [2.24, 2.45) is 0 Å². The Hall–Kier alpha value is -1.73. The number of hydrogen-bond acceptors (Lipinski definition) is 5. The first kappa shape index (κ1) is 24.3. The molecule has 0 radical (unpaired) electrons. The average molecular weight is 395 g/mol. The fourth-order valence-electron chi connectivity index (χ4n) is 2.87. The van der Waals surface area contributed by atoms with Crippen molar-refractivity contribution in [1.82, 2.24) is 0 Å². The molecule has 6 nitrogen and oxygen atoms in total. The third kappa shape index (κ3) is 10.6. The SMILES string of the molecule is CC/C=C\C/C=C\C/C=C\C[C@@H]1O[C@@H]([C@H](O)/C=C/[C@H](O)CCC(=O)O)C[C@@H]1O. The highest BCUT2D eigenvalue weighted by atomic mass is 16.5. The van der Waals surface area contributed by atoms with Gasteiger partial charge in [0.05, 0.1) is 30.5 Å². The quantitative estimate of drug-likeness (QED) is 0.358. The molecule has 0 amide bonds. The van der Waals surface area contributed by atoms with E-state index in [1.54, 1.807) is 0 Å². The summed E-state index contributed by atoms with van der Waals surface area (Å²) in [6, 6.07) is 0. The highest BCUT2D eigenvalue weighted by Crippen LogP contribution is 2.26. The van der Waals surface area contributed by atoms with Gasteiger partial charge in [0.2, 0.25) is 0 Å². The van der Waals surface area contributed by atoms with Gasteiger partial charge in [-0.25, -0.2) is 0 Å². The van der Waals surface area contributed by atoms with Crippen LogP contribution < -0.4 is 0 Å². The normalized spacial score (nSPS) is 25.5. The summed E-state index contributed by atoms with van der Waals surface area (Å²) in [7, 11) is 0. The van der Waals surface area contributed by atoms with Gasteiger partial charge in [0.25, 0.3) is 0 Å². The Bertz CT molecular complexity index is 551. The lowest BCUT2D eigenvalue weighted by Crippen LogP contribution is -2.24. The molecule has 1 aliphatic rings. The fourth-order valence-corrected chi connectivity index (χ4v) is 2.87. The number of aliphatic carboxylic acids is 1. The molecule has 1 fully saturated rings. The molecule has 0 aromatic rings. The van der Waals surface area contributed by atoms with Crippen molar-refractivity contribution in [3.05, 3.63) is 48.6 Å². The van der Waals surface area contributed by atoms with Crippen LogP contribution in [0.4, 0.5) is 0 Å². The molecule has 1 aliphatic heterocycles. The van der Waals surface area contributed by atoms with Crippen LogP contribution in [-0.4, -0.2) is 56.9 Å². The maximum atomic E-state index is 10.5. The molecule has 5 atom stereocenters. The first-order chi connectivity index (χ1) is 13.4. The lowest BCUT2D eigenvalue weighted by Gasteiger charge is -2.16. The summed E-state index contributed by atoms with van der Waals surface area (Å²) in [4.78, 5) is 10.5. The van der Waals surface area contributed by atoms with E-state index in [4.69, 9.17) is 9.84 Å². The van der Waals surface area contributed by atoms with Gasteiger partial charge in [0.15, 0.2) is 0 Å². The van der Waals surface area contributed by atoms with Gasteiger partial charge in [-0.05, 0) is 32.1 Å². The van der Waals surface area contributed by atoms with E-state index >= 15 is 0 Å². The number of hydrogen-bond donors (Lipinski definition) is 4. The minimum absolute atomic E-state index is 0.0868. The van der Waals surface area contributed by atoms with E-state index in [0.29, 0.717) is 12.8 Å². The van der Waals surface area contributed by atoms with Crippen LogP contribution in [-0.2, 0) is 9.53 Å². The van der Waals surface area contributed by atoms with Gasteiger partial charge in [0.1, 0.15) is 0 Å². The van der Waals surface area contributed by atoms with Gasteiger partial charge in [-0.3, -0.25) is 4.79 Å². The van der Waals surface area contributed by atoms with E-state index in [1.165, 1.54) is 12.2 Å². The largest absolute Gasteiger partial charge is 0.481 e. The Balaban J connectivity index is 2.32. The Morgan fingerprint density at radius 1 is 1.07 bits per heavy atom. The van der Waals surface area contributed by atoms with Crippen LogP contribution in [0.1, 0.15) is 51.9 Å². The molecule has 0 aromatic carbocycles. The molecule has 1 rings (SSSR count). The maximum Gasteiger partial charge on any atom is 0.303 e. The Morgan fingerprint density at radius 3 is 2.36 bits per heavy atom. The summed E-state index contributed by atoms with van der Waals surface area (Å²) in [6.07, 6.45) is 15.5. The zero-order chi connectivity index (χ0) is 20.8. The summed E-state index contributed by atoms with van der Waals surface area (Å²) < 4.78 is 5.73. The number of carboxylic acid groups (broad SMARTS) is 1. The van der Waals surface area contributed by atoms with Crippen molar-refractivity contribution in [3.8, 4) is 0 Å². The number of aliphatic hydroxyl groups is 3. The summed E-state index contributed by atoms with van der Waals surface area (Å²) in [6.45, 7) is 2.11. The van der Waals surface area contributed by atoms with Crippen molar-refractivity contribution in [2.75, 3.05) is 0 Å². The zero-order valence-corrected chi connectivity index (χ0v) is 16.6. The predicted molar refractivity (Wildman–Crippen MR) is 109 cm³/mol. The molecule has 1 heterocycles. The summed E-state index contributed by atoms with van der Waals surface area (Å²) in [5.41, 5.74) is 0. The molecule has 0 bridgehead atoms. The topological polar surface area (TPSA) is 107 Å². The van der Waals surface area contributed by atoms with Crippen LogP contribution in [0.25, 0.3) is 0 Å². The molecule has 0 aromatic heterocycles. The minimum atomic E-state index is -0.977. The molecule has 0 saturated carbocycles. The second kappa shape index (κ2) is 14.3. The highest BCUT2D eigenvalue weighted by molar-refractivity contribution is 5.66. The molecule has 1 saturated heterocycles. The number of carboxylic acids is 1. The first-order valence-corrected chi connectivity index (χ1v) is 9.98. The Kier molecular flexibility index (Phi) is 12.4. The van der Waals surface area contributed by atoms with E-state index in [1.807, 2.05) is 12.2 Å². The molecular formula is C22H34O6. The van der Waals surface area contributed by atoms with Crippen LogP contribution in [0.3, 0.4) is 0 Å². The van der Waals surface area contributed by atoms with Gasteiger partial charge in [0, 0.05) is 12.8 Å². The van der Waals surface area contributed by atoms with Gasteiger partial charge in [-0.1, -0.05) is 55.5 Å². The van der Waals surface area contributed by atoms with Crippen molar-refractivity contribution in [1.29, 1.82) is 0 Å². The first-order valence-electron chi connectivity index (χ1n) is 9.98. The number of rotatable bonds is 13. The van der Waals surface area contributed by atoms with Gasteiger partial charge in [-0.2, -0.15) is 0 Å². The average Bonchev–Trinajstić information content (AvgIpc) is 3.03. The molecule has 28 heavy (non-hydrogen) atoms. The number of allylic oxidation sites excluding steroid dienone is 5. The molecule has 4 N–H and O–H groups in total. The monoisotopic (exact) mass is 394 g/mol. The summed E-state index contributed by atoms with van der Waals surface area (Å²) in [5, 5.41) is 38.5. The lowest BCUT2D eigenvalue weighted by atomic mass is 10.0. The molecular weight excluding hydrogens is 360 g/mol. The van der Waals surface area contributed by atoms with E-state index in [2.05, 4.69) is 31.2 Å². The third-order valence-corrected chi connectivity index (χ3v) is 4.47. The standard InChI is InChI=1S/C22H34O6/c1-2-3-4-5-6-7-8-9-10-11-20-19(25)16-21(28-20)18(24)14-12-17(23)13-15-22(26)27/h3-4,6-7,9-10,12,14,17-21,23-25H,2,5,8,11,13,15-16H2,1H3,(H,26,27)/b4-3-,7-6-,10-9-,14-12+/t17-,18+,19-,20-,21+/m0/s1. The van der Waals surface area contributed by atoms with E-state index in [9.17, 15) is 20.1 Å². The molecule has 0 spiro atoms. The van der Waals surface area contributed by atoms with Gasteiger partial charge >= 0.3 is 5.97 Å². The van der Waals surface area contributed by atoms with Crippen LogP contribution in [0.2, 0.25) is 0 Å². The summed E-state index contributed by atoms with van der Waals surface area (Å²) in [5.74, 6) is -0.977. The number of aliphatic hydroxyl groups excluding tert-OH is 3. The molecule has 0 aliphatic carbocycles. The number of ether oxygens (including phenoxy) is 1. The van der Waals surface area contributed by atoms with E-state index in [-0.39, 0.29) is 18.9 Å². The zero-order valence-electron chi connectivity index (χ0n) is 16.6. The second-order valence-electron chi connectivity index (χ2n) is 6.92. The Morgan fingerprint density at radius 2 is 1.71 bits per heavy atom. The lowest BCUT2D eigenvalue weighted by molar-refractivity contribution is -0.137. The van der Waals surface area contributed by atoms with Crippen molar-refractivity contribution < 1.29 is 30.0 Å². The predicted octanol–water partition coefficient (Wildman–Crippen LogP) is 2.90. The van der Waals surface area contributed by atoms with Crippen LogP contribution in [0.5, 0.6) is 0 Å². The smallest absolute Gasteiger partial charge is 0.303 e. The minimum Gasteiger partial charge on any atom is -0.481 e. The van der Waals surface area contributed by atoms with Crippen molar-refractivity contribution in [3.63, 3.8) is 0 Å². The third-order valence-electron chi connectivity index (χ3n) is 4.47. The van der Waals surface area contributed by atoms with Gasteiger partial charge in [-0.15, -0.1) is 0 Å². The highest BCUT2D eigenvalue weighted by Gasteiger charge is 2.36. The second-order valence-corrected chi connectivity index (χ2v) is 6.92. The van der Waals surface area contributed by atoms with Gasteiger partial charge < -0.3 is 25.2 Å². The van der Waals surface area contributed by atoms with Crippen LogP contribution >= 0.6 is 0 Å². The molecule has 0 unspecified atom stereocenters. The molecule has 6 heteroatoms. The number of carbonyl (C=O) groups is 1. The van der Waals surface area contributed by atoms with Crippen LogP contribution in [0.15, 0.2) is 48.6 Å². The summed E-state index contributed by atoms with van der Waals surface area (Å²) >= 11 is 0. The molecule has 158 valence electrons. The van der Waals surface area contributed by atoms with Crippen molar-refractivity contribution >= 4 is 5.97 Å². The Labute approximate surface area is 167 Å². The van der Waals surface area contributed by atoms with Crippen molar-refractivity contribution in [2.45, 2.75) is 82.4 Å². The maximum absolute atomic E-state index is 10.5. The van der Waals surface area contributed by atoms with Crippen LogP contribution in [0, 0.1) is 0 Å².